The number of halogens is 4. The van der Waals surface area contributed by atoms with E-state index in [-0.39, 0.29) is 58.9 Å². The van der Waals surface area contributed by atoms with Gasteiger partial charge >= 0.3 is 40.1 Å². The summed E-state index contributed by atoms with van der Waals surface area (Å²) < 4.78 is 0. The summed E-state index contributed by atoms with van der Waals surface area (Å²) in [6, 6.07) is 0. The van der Waals surface area contributed by atoms with Gasteiger partial charge in [-0.1, -0.05) is 0 Å². The molecule has 6 heteroatoms. The average molecular weight is 155 g/mol. The van der Waals surface area contributed by atoms with Crippen LogP contribution in [-0.4, -0.2) is 23.1 Å². The molecule has 0 spiro atoms. The van der Waals surface area contributed by atoms with Gasteiger partial charge in [-0.3, -0.25) is 0 Å². The molecule has 0 saturated heterocycles. The second kappa shape index (κ2) is 149. The van der Waals surface area contributed by atoms with Crippen molar-refractivity contribution in [1.29, 1.82) is 0 Å². The first-order valence-corrected chi connectivity index (χ1v) is 0. The largest absolute Gasteiger partial charge is 2.00 e. The molecule has 0 bridgehead atoms. The van der Waals surface area contributed by atoms with Crippen LogP contribution in [0.15, 0.2) is 0 Å². The minimum absolute atomic E-state index is 0. The van der Waals surface area contributed by atoms with Crippen molar-refractivity contribution in [2.24, 2.45) is 0 Å². The summed E-state index contributed by atoms with van der Waals surface area (Å²) in [5.74, 6) is 0. The molecule has 0 aromatic rings. The summed E-state index contributed by atoms with van der Waals surface area (Å²) in [4.78, 5) is 0. The molecule has 0 heterocycles. The molecule has 37 valence electrons. The quantitative estimate of drug-likeness (QED) is 0.241. The molecule has 0 aromatic carbocycles. The van der Waals surface area contributed by atoms with E-state index in [0.717, 1.165) is 0 Å². The fourth-order valence-corrected chi connectivity index (χ4v) is 0. The van der Waals surface area contributed by atoms with Crippen molar-refractivity contribution in [2.75, 3.05) is 0 Å². The molecule has 1 radical (unpaired) electrons. The van der Waals surface area contributed by atoms with Gasteiger partial charge in [-0.25, -0.2) is 0 Å². The van der Waals surface area contributed by atoms with Crippen LogP contribution in [0, 0.1) is 0 Å². The molecule has 0 aliphatic rings. The molecule has 0 aromatic heterocycles. The van der Waals surface area contributed by atoms with E-state index in [1.165, 1.54) is 0 Å². The summed E-state index contributed by atoms with van der Waals surface area (Å²) in [5, 5.41) is 0. The van der Waals surface area contributed by atoms with E-state index in [4.69, 9.17) is 0 Å². The predicted molar refractivity (Wildman–Crippen MR) is 5.75 cm³/mol. The van der Waals surface area contributed by atoms with Gasteiger partial charge in [-0.15, -0.1) is 0 Å². The Kier molecular flexibility index (Phi) is 6190. The average Bonchev–Trinajstić information content (AvgIpc) is 0. The molecule has 0 rings (SSSR count). The van der Waals surface area contributed by atoms with Gasteiger partial charge in [0.05, 0.1) is 0 Å². The number of hydrogen-bond donors (Lipinski definition) is 0. The zero-order valence-corrected chi connectivity index (χ0v) is 5.19. The fourth-order valence-electron chi connectivity index (χ4n) is 0. The van der Waals surface area contributed by atoms with Gasteiger partial charge in [0.1, 0.15) is 0 Å². The minimum atomic E-state index is 0. The van der Waals surface area contributed by atoms with Crippen molar-refractivity contribution in [2.45, 2.75) is 0 Å². The molecule has 0 amide bonds. The predicted octanol–water partition coefficient (Wildman–Crippen LogP) is -12.4. The Morgan fingerprint density at radius 2 is 0.500 bits per heavy atom. The fraction of sp³-hybridized carbons (Fsp3) is 0. The Hall–Kier alpha value is 1.01. The van der Waals surface area contributed by atoms with Crippen LogP contribution in [0.3, 0.4) is 0 Å². The molecule has 0 nitrogen and oxygen atoms in total. The van der Waals surface area contributed by atoms with Gasteiger partial charge in [0, 0.05) is 0 Å². The Bertz CT molecular complexity index is 7.51. The van der Waals surface area contributed by atoms with Crippen LogP contribution < -0.4 is 18.8 Å². The van der Waals surface area contributed by atoms with Crippen LogP contribution in [0.25, 0.3) is 0 Å². The summed E-state index contributed by atoms with van der Waals surface area (Å²) in [5.41, 5.74) is 0. The molecule has 0 saturated carbocycles. The van der Waals surface area contributed by atoms with E-state index < -0.39 is 0 Å². The van der Waals surface area contributed by atoms with Gasteiger partial charge < -0.3 is 18.8 Å². The monoisotopic (exact) mass is 155 g/mol. The summed E-state index contributed by atoms with van der Waals surface area (Å²) in [6.07, 6.45) is 0. The zero-order valence-electron chi connectivity index (χ0n) is 2.60. The van der Waals surface area contributed by atoms with Crippen LogP contribution in [0.1, 0.15) is 0 Å². The Balaban J connectivity index is 0. The first-order chi connectivity index (χ1) is 0. The van der Waals surface area contributed by atoms with Crippen LogP contribution in [0.5, 0.6) is 0 Å². The summed E-state index contributed by atoms with van der Waals surface area (Å²) in [7, 11) is 0. The van der Waals surface area contributed by atoms with E-state index in [1.54, 1.807) is 0 Å². The maximum absolute atomic E-state index is 0. The maximum atomic E-state index is 0. The van der Waals surface area contributed by atoms with E-state index in [9.17, 15) is 0 Å². The minimum Gasteiger partial charge on any atom is -1.00 e. The van der Waals surface area contributed by atoms with Crippen molar-refractivity contribution in [3.63, 3.8) is 0 Å². The second-order valence-corrected chi connectivity index (χ2v) is 0. The third kappa shape index (κ3) is 79.4. The van der Waals surface area contributed by atoms with Gasteiger partial charge in [0.25, 0.3) is 0 Å². The van der Waals surface area contributed by atoms with Crippen molar-refractivity contribution < 1.29 is 35.9 Å². The van der Waals surface area contributed by atoms with Crippen LogP contribution >= 0.6 is 0 Å². The van der Waals surface area contributed by atoms with Crippen LogP contribution in [-0.2, 0) is 17.1 Å². The molecule has 0 N–H and O–H groups in total. The first kappa shape index (κ1) is 250. The number of rotatable bonds is 0. The zero-order chi connectivity index (χ0) is 0. The Labute approximate surface area is 59.1 Å². The van der Waals surface area contributed by atoms with Crippen molar-refractivity contribution in [1.82, 2.24) is 0 Å². The van der Waals surface area contributed by atoms with E-state index in [1.807, 2.05) is 0 Å². The SMILES string of the molecule is [F-].[F-].[F-].[F-].[Mg+2].[Mn+2]. The van der Waals surface area contributed by atoms with Gasteiger partial charge in [0.15, 0.2) is 0 Å². The van der Waals surface area contributed by atoms with Gasteiger partial charge in [-0.05, 0) is 0 Å². The van der Waals surface area contributed by atoms with Crippen LogP contribution in [0.4, 0.5) is 0 Å². The van der Waals surface area contributed by atoms with Crippen LogP contribution in [0.2, 0.25) is 0 Å². The molecule has 0 aliphatic carbocycles. The normalized spacial score (nSPS) is 0. The van der Waals surface area contributed by atoms with E-state index in [0.29, 0.717) is 0 Å². The summed E-state index contributed by atoms with van der Waals surface area (Å²) >= 11 is 0. The summed E-state index contributed by atoms with van der Waals surface area (Å²) in [6.45, 7) is 0. The molecule has 0 atom stereocenters. The van der Waals surface area contributed by atoms with Gasteiger partial charge in [-0.2, -0.15) is 0 Å². The third-order valence-corrected chi connectivity index (χ3v) is 0. The molecule has 0 aliphatic heterocycles. The standard InChI is InChI=1S/4FH.Mg.Mn/h4*1H;;/q;;;;2*+2/p-4. The van der Waals surface area contributed by atoms with Gasteiger partial charge in [0.2, 0.25) is 0 Å². The first-order valence-electron chi connectivity index (χ1n) is 0. The molecule has 0 fully saturated rings. The topological polar surface area (TPSA) is 0 Å². The second-order valence-electron chi connectivity index (χ2n) is 0. The van der Waals surface area contributed by atoms with Crippen molar-refractivity contribution in [3.05, 3.63) is 0 Å². The molecular weight excluding hydrogens is 155 g/mol. The third-order valence-electron chi connectivity index (χ3n) is 0. The van der Waals surface area contributed by atoms with E-state index >= 15 is 0 Å². The number of hydrogen-bond acceptors (Lipinski definition) is 0. The Morgan fingerprint density at radius 1 is 0.500 bits per heavy atom. The smallest absolute Gasteiger partial charge is 1.00 e. The molecule has 0 unspecified atom stereocenters. The molecule has 6 heavy (non-hydrogen) atoms. The maximum Gasteiger partial charge on any atom is 2.00 e. The Morgan fingerprint density at radius 3 is 0.500 bits per heavy atom. The van der Waals surface area contributed by atoms with E-state index in [2.05, 4.69) is 0 Å². The van der Waals surface area contributed by atoms with Crippen molar-refractivity contribution >= 4 is 23.1 Å². The van der Waals surface area contributed by atoms with Crippen molar-refractivity contribution in [3.8, 4) is 0 Å². The molecular formula is F4MgMn.